The first-order valence-corrected chi connectivity index (χ1v) is 8.42. The van der Waals surface area contributed by atoms with Crippen molar-refractivity contribution < 1.29 is 9.32 Å². The predicted molar refractivity (Wildman–Crippen MR) is 93.6 cm³/mol. The van der Waals surface area contributed by atoms with Crippen molar-refractivity contribution in [2.24, 2.45) is 0 Å². The van der Waals surface area contributed by atoms with Crippen molar-refractivity contribution >= 4 is 34.9 Å². The zero-order chi connectivity index (χ0) is 17.1. The summed E-state index contributed by atoms with van der Waals surface area (Å²) in [4.78, 5) is 16.4. The molecule has 1 fully saturated rings. The Balaban J connectivity index is 1.52. The Morgan fingerprint density at radius 3 is 2.67 bits per heavy atom. The molecule has 0 unspecified atom stereocenters. The van der Waals surface area contributed by atoms with Crippen LogP contribution in [0, 0.1) is 6.92 Å². The molecular formula is C16H18Cl2N4O2. The van der Waals surface area contributed by atoms with Crippen molar-refractivity contribution in [3.8, 4) is 0 Å². The molecule has 24 heavy (non-hydrogen) atoms. The number of hydrogen-bond donors (Lipinski definition) is 1. The van der Waals surface area contributed by atoms with Crippen molar-refractivity contribution in [2.45, 2.75) is 13.5 Å². The summed E-state index contributed by atoms with van der Waals surface area (Å²) in [6.45, 7) is 5.44. The van der Waals surface area contributed by atoms with Crippen LogP contribution >= 0.6 is 23.2 Å². The SMILES string of the molecule is Cc1cc(CN2CCN(C(=O)Nc3cc(Cl)ccc3Cl)CC2)no1. The zero-order valence-corrected chi connectivity index (χ0v) is 14.8. The summed E-state index contributed by atoms with van der Waals surface area (Å²) in [5.41, 5.74) is 1.44. The molecule has 6 nitrogen and oxygen atoms in total. The number of anilines is 1. The summed E-state index contributed by atoms with van der Waals surface area (Å²) < 4.78 is 5.08. The third-order valence-electron chi connectivity index (χ3n) is 3.89. The number of amides is 2. The second-order valence-corrected chi connectivity index (χ2v) is 6.59. The first-order chi connectivity index (χ1) is 11.5. The summed E-state index contributed by atoms with van der Waals surface area (Å²) in [6.07, 6.45) is 0. The molecule has 1 aliphatic rings. The Hall–Kier alpha value is -1.76. The van der Waals surface area contributed by atoms with Gasteiger partial charge >= 0.3 is 6.03 Å². The standard InChI is InChI=1S/C16H18Cl2N4O2/c1-11-8-13(20-24-11)10-21-4-6-22(7-5-21)16(23)19-15-9-12(17)2-3-14(15)18/h2-3,8-9H,4-7,10H2,1H3,(H,19,23). The number of aromatic nitrogens is 1. The van der Waals surface area contributed by atoms with E-state index in [2.05, 4.69) is 15.4 Å². The Morgan fingerprint density at radius 2 is 2.00 bits per heavy atom. The third-order valence-corrected chi connectivity index (χ3v) is 4.46. The highest BCUT2D eigenvalue weighted by Crippen LogP contribution is 2.25. The predicted octanol–water partition coefficient (Wildman–Crippen LogP) is 3.64. The maximum atomic E-state index is 12.4. The number of aryl methyl sites for hydroxylation is 1. The highest BCUT2D eigenvalue weighted by molar-refractivity contribution is 6.35. The van der Waals surface area contributed by atoms with Crippen LogP contribution in [0.3, 0.4) is 0 Å². The molecule has 3 rings (SSSR count). The smallest absolute Gasteiger partial charge is 0.321 e. The number of nitrogens with zero attached hydrogens (tertiary/aromatic N) is 3. The molecule has 0 spiro atoms. The van der Waals surface area contributed by atoms with Crippen LogP contribution in [0.2, 0.25) is 10.0 Å². The second-order valence-electron chi connectivity index (χ2n) is 5.75. The molecule has 1 aromatic carbocycles. The number of halogens is 2. The minimum absolute atomic E-state index is 0.170. The van der Waals surface area contributed by atoms with Gasteiger partial charge in [0.2, 0.25) is 0 Å². The first kappa shape index (κ1) is 17.1. The van der Waals surface area contributed by atoms with Gasteiger partial charge < -0.3 is 14.7 Å². The van der Waals surface area contributed by atoms with Gasteiger partial charge in [-0.05, 0) is 25.1 Å². The first-order valence-electron chi connectivity index (χ1n) is 7.67. The van der Waals surface area contributed by atoms with Crippen molar-refractivity contribution in [1.82, 2.24) is 15.0 Å². The largest absolute Gasteiger partial charge is 0.361 e. The molecule has 2 aromatic rings. The number of hydrogen-bond acceptors (Lipinski definition) is 4. The summed E-state index contributed by atoms with van der Waals surface area (Å²) in [5.74, 6) is 0.807. The molecule has 8 heteroatoms. The molecule has 1 saturated heterocycles. The van der Waals surface area contributed by atoms with Gasteiger partial charge in [0.15, 0.2) is 0 Å². The Labute approximate surface area is 150 Å². The molecule has 2 amide bonds. The van der Waals surface area contributed by atoms with Gasteiger partial charge in [0, 0.05) is 43.8 Å². The molecule has 0 saturated carbocycles. The Kier molecular flexibility index (Phi) is 5.28. The highest BCUT2D eigenvalue weighted by Gasteiger charge is 2.22. The van der Waals surface area contributed by atoms with Crippen LogP contribution < -0.4 is 5.32 Å². The topological polar surface area (TPSA) is 61.6 Å². The number of benzene rings is 1. The number of carbonyl (C=O) groups is 1. The van der Waals surface area contributed by atoms with E-state index in [-0.39, 0.29) is 6.03 Å². The maximum absolute atomic E-state index is 12.4. The van der Waals surface area contributed by atoms with Gasteiger partial charge in [-0.1, -0.05) is 28.4 Å². The van der Waals surface area contributed by atoms with Crippen molar-refractivity contribution in [2.75, 3.05) is 31.5 Å². The van der Waals surface area contributed by atoms with E-state index in [9.17, 15) is 4.79 Å². The monoisotopic (exact) mass is 368 g/mol. The molecule has 0 aliphatic carbocycles. The number of carbonyl (C=O) groups excluding carboxylic acids is 1. The summed E-state index contributed by atoms with van der Waals surface area (Å²) in [7, 11) is 0. The van der Waals surface area contributed by atoms with Crippen LogP contribution in [0.4, 0.5) is 10.5 Å². The molecule has 2 heterocycles. The van der Waals surface area contributed by atoms with E-state index < -0.39 is 0 Å². The van der Waals surface area contributed by atoms with Gasteiger partial charge in [-0.3, -0.25) is 4.90 Å². The van der Waals surface area contributed by atoms with Crippen molar-refractivity contribution in [3.05, 3.63) is 45.8 Å². The molecule has 128 valence electrons. The number of piperazine rings is 1. The molecule has 0 radical (unpaired) electrons. The van der Waals surface area contributed by atoms with Crippen LogP contribution in [-0.2, 0) is 6.54 Å². The van der Waals surface area contributed by atoms with Gasteiger partial charge in [-0.2, -0.15) is 0 Å². The van der Waals surface area contributed by atoms with Crippen molar-refractivity contribution in [3.63, 3.8) is 0 Å². The number of nitrogens with one attached hydrogen (secondary N) is 1. The summed E-state index contributed by atoms with van der Waals surface area (Å²) in [6, 6.07) is 6.75. The van der Waals surface area contributed by atoms with Gasteiger partial charge in [0.1, 0.15) is 5.76 Å². The number of rotatable bonds is 3. The van der Waals surface area contributed by atoms with Crippen LogP contribution in [0.15, 0.2) is 28.8 Å². The van der Waals surface area contributed by atoms with E-state index in [0.717, 1.165) is 31.1 Å². The van der Waals surface area contributed by atoms with E-state index in [0.29, 0.717) is 28.8 Å². The van der Waals surface area contributed by atoms with E-state index in [1.807, 2.05) is 13.0 Å². The third kappa shape index (κ3) is 4.20. The van der Waals surface area contributed by atoms with Crippen molar-refractivity contribution in [1.29, 1.82) is 0 Å². The molecule has 1 aromatic heterocycles. The fraction of sp³-hybridized carbons (Fsp3) is 0.375. The van der Waals surface area contributed by atoms with Gasteiger partial charge in [0.25, 0.3) is 0 Å². The minimum atomic E-state index is -0.170. The molecule has 0 bridgehead atoms. The van der Waals surface area contributed by atoms with E-state index in [1.54, 1.807) is 23.1 Å². The fourth-order valence-corrected chi connectivity index (χ4v) is 2.96. The highest BCUT2D eigenvalue weighted by atomic mass is 35.5. The summed E-state index contributed by atoms with van der Waals surface area (Å²) in [5, 5.41) is 7.81. The normalized spacial score (nSPS) is 15.5. The lowest BCUT2D eigenvalue weighted by Gasteiger charge is -2.34. The average Bonchev–Trinajstić information content (AvgIpc) is 2.96. The second kappa shape index (κ2) is 7.42. The lowest BCUT2D eigenvalue weighted by atomic mass is 10.3. The molecule has 1 aliphatic heterocycles. The van der Waals surface area contributed by atoms with Gasteiger partial charge in [-0.15, -0.1) is 0 Å². The molecular weight excluding hydrogens is 351 g/mol. The quantitative estimate of drug-likeness (QED) is 0.898. The van der Waals surface area contributed by atoms with Crippen LogP contribution in [0.5, 0.6) is 0 Å². The van der Waals surface area contributed by atoms with E-state index in [1.165, 1.54) is 0 Å². The maximum Gasteiger partial charge on any atom is 0.321 e. The fourth-order valence-electron chi connectivity index (χ4n) is 2.62. The molecule has 0 atom stereocenters. The van der Waals surface area contributed by atoms with E-state index >= 15 is 0 Å². The van der Waals surface area contributed by atoms with Gasteiger partial charge in [0.05, 0.1) is 16.4 Å². The number of urea groups is 1. The lowest BCUT2D eigenvalue weighted by molar-refractivity contribution is 0.141. The average molecular weight is 369 g/mol. The zero-order valence-electron chi connectivity index (χ0n) is 13.3. The molecule has 1 N–H and O–H groups in total. The Bertz CT molecular complexity index is 727. The minimum Gasteiger partial charge on any atom is -0.361 e. The van der Waals surface area contributed by atoms with Crippen LogP contribution in [0.25, 0.3) is 0 Å². The van der Waals surface area contributed by atoms with Gasteiger partial charge in [-0.25, -0.2) is 4.79 Å². The van der Waals surface area contributed by atoms with Crippen LogP contribution in [-0.4, -0.2) is 47.2 Å². The van der Waals surface area contributed by atoms with E-state index in [4.69, 9.17) is 27.7 Å². The van der Waals surface area contributed by atoms with Crippen LogP contribution in [0.1, 0.15) is 11.5 Å². The lowest BCUT2D eigenvalue weighted by Crippen LogP contribution is -2.49. The summed E-state index contributed by atoms with van der Waals surface area (Å²) >= 11 is 12.0. The Morgan fingerprint density at radius 1 is 1.25 bits per heavy atom.